The molecule has 0 saturated carbocycles. The topological polar surface area (TPSA) is 38.9 Å². The molecule has 0 aliphatic heterocycles. The van der Waals surface area contributed by atoms with Gasteiger partial charge in [0.2, 0.25) is 0 Å². The molecule has 0 saturated heterocycles. The van der Waals surface area contributed by atoms with Gasteiger partial charge in [0.25, 0.3) is 0 Å². The third-order valence-electron chi connectivity index (χ3n) is 2.27. The summed E-state index contributed by atoms with van der Waals surface area (Å²) in [5.74, 6) is 0. The lowest BCUT2D eigenvalue weighted by Crippen LogP contribution is -2.02. The van der Waals surface area contributed by atoms with Crippen LogP contribution in [0, 0.1) is 0 Å². The number of aromatic nitrogens is 1. The van der Waals surface area contributed by atoms with Crippen molar-refractivity contribution in [2.24, 2.45) is 0 Å². The van der Waals surface area contributed by atoms with Crippen LogP contribution in [-0.4, -0.2) is 10.4 Å². The number of hydrogen-bond acceptors (Lipinski definition) is 2. The van der Waals surface area contributed by atoms with Gasteiger partial charge >= 0.3 is 0 Å². The van der Waals surface area contributed by atoms with Gasteiger partial charge in [0.15, 0.2) is 0 Å². The highest BCUT2D eigenvalue weighted by molar-refractivity contribution is 6.20. The monoisotopic (exact) mass is 212 g/mol. The van der Waals surface area contributed by atoms with Gasteiger partial charge in [-0.1, -0.05) is 13.3 Å². The lowest BCUT2D eigenvalue weighted by Gasteiger charge is -2.08. The Labute approximate surface area is 90.5 Å². The second-order valence-electron chi connectivity index (χ2n) is 3.50. The van der Waals surface area contributed by atoms with Gasteiger partial charge in [0, 0.05) is 23.5 Å². The molecule has 1 rings (SSSR count). The second-order valence-corrected chi connectivity index (χ2v) is 4.12. The van der Waals surface area contributed by atoms with Crippen molar-refractivity contribution in [1.29, 1.82) is 0 Å². The summed E-state index contributed by atoms with van der Waals surface area (Å²) in [4.78, 5) is 4.05. The van der Waals surface area contributed by atoms with Crippen molar-refractivity contribution in [2.45, 2.75) is 38.0 Å². The number of aryl methyl sites for hydroxylation is 1. The Morgan fingerprint density at radius 1 is 1.50 bits per heavy atom. The first-order valence-corrected chi connectivity index (χ1v) is 5.50. The van der Waals surface area contributed by atoms with Crippen molar-refractivity contribution in [3.05, 3.63) is 24.0 Å². The van der Waals surface area contributed by atoms with Crippen LogP contribution < -0.4 is 5.73 Å². The fourth-order valence-corrected chi connectivity index (χ4v) is 1.74. The molecule has 0 fully saturated rings. The van der Waals surface area contributed by atoms with Crippen molar-refractivity contribution < 1.29 is 0 Å². The first kappa shape index (κ1) is 11.3. The summed E-state index contributed by atoms with van der Waals surface area (Å²) in [6, 6.07) is 1.83. The van der Waals surface area contributed by atoms with Gasteiger partial charge in [0.05, 0.1) is 0 Å². The van der Waals surface area contributed by atoms with Crippen molar-refractivity contribution in [1.82, 2.24) is 4.98 Å². The molecule has 1 unspecified atom stereocenters. The zero-order chi connectivity index (χ0) is 10.4. The van der Waals surface area contributed by atoms with Crippen molar-refractivity contribution in [2.75, 3.05) is 5.73 Å². The Kier molecular flexibility index (Phi) is 4.74. The van der Waals surface area contributed by atoms with E-state index in [0.29, 0.717) is 0 Å². The smallest absolute Gasteiger partial charge is 0.0377 e. The molecule has 1 aromatic rings. The summed E-state index contributed by atoms with van der Waals surface area (Å²) in [5, 5.41) is 0.264. The number of halogens is 1. The molecule has 0 aliphatic carbocycles. The normalized spacial score (nSPS) is 12.7. The maximum absolute atomic E-state index is 6.12. The predicted octanol–water partition coefficient (Wildman–Crippen LogP) is 3.00. The van der Waals surface area contributed by atoms with Crippen LogP contribution in [0.4, 0.5) is 5.69 Å². The first-order chi connectivity index (χ1) is 6.74. The number of anilines is 1. The molecular formula is C11H17ClN2. The van der Waals surface area contributed by atoms with Crippen LogP contribution in [0.25, 0.3) is 0 Å². The van der Waals surface area contributed by atoms with E-state index >= 15 is 0 Å². The molecule has 0 aromatic carbocycles. The highest BCUT2D eigenvalue weighted by atomic mass is 35.5. The minimum absolute atomic E-state index is 0.264. The van der Waals surface area contributed by atoms with E-state index < -0.39 is 0 Å². The van der Waals surface area contributed by atoms with Crippen LogP contribution in [0.5, 0.6) is 0 Å². The van der Waals surface area contributed by atoms with E-state index in [1.165, 1.54) is 0 Å². The minimum atomic E-state index is 0.264. The van der Waals surface area contributed by atoms with Crippen molar-refractivity contribution in [3.8, 4) is 0 Å². The molecular weight excluding hydrogens is 196 g/mol. The Morgan fingerprint density at radius 2 is 2.29 bits per heavy atom. The molecule has 0 radical (unpaired) electrons. The number of nitrogen functional groups attached to an aromatic ring is 1. The Morgan fingerprint density at radius 3 is 2.93 bits per heavy atom. The van der Waals surface area contributed by atoms with Crippen molar-refractivity contribution in [3.63, 3.8) is 0 Å². The highest BCUT2D eigenvalue weighted by Gasteiger charge is 2.05. The van der Waals surface area contributed by atoms with Crippen LogP contribution in [0.1, 0.15) is 31.7 Å². The Balaban J connectivity index is 2.41. The van der Waals surface area contributed by atoms with Gasteiger partial charge in [-0.3, -0.25) is 4.98 Å². The molecule has 3 heteroatoms. The van der Waals surface area contributed by atoms with Gasteiger partial charge in [-0.05, 0) is 30.9 Å². The molecule has 14 heavy (non-hydrogen) atoms. The quantitative estimate of drug-likeness (QED) is 0.763. The summed E-state index contributed by atoms with van der Waals surface area (Å²) in [6.45, 7) is 2.15. The van der Waals surface area contributed by atoms with Gasteiger partial charge in [0.1, 0.15) is 0 Å². The lowest BCUT2D eigenvalue weighted by molar-refractivity contribution is 0.675. The SMILES string of the molecule is CCCC(Cl)CCc1cnccc1N. The molecule has 0 aliphatic rings. The third kappa shape index (κ3) is 3.54. The highest BCUT2D eigenvalue weighted by Crippen LogP contribution is 2.16. The number of pyridine rings is 1. The maximum Gasteiger partial charge on any atom is 0.0377 e. The zero-order valence-electron chi connectivity index (χ0n) is 8.54. The molecule has 1 atom stereocenters. The molecule has 2 N–H and O–H groups in total. The van der Waals surface area contributed by atoms with E-state index in [1.807, 2.05) is 12.3 Å². The molecule has 2 nitrogen and oxygen atoms in total. The van der Waals surface area contributed by atoms with Crippen LogP contribution in [0.2, 0.25) is 0 Å². The fourth-order valence-electron chi connectivity index (χ4n) is 1.42. The zero-order valence-corrected chi connectivity index (χ0v) is 9.30. The van der Waals surface area contributed by atoms with Gasteiger partial charge in [-0.15, -0.1) is 11.6 Å². The summed E-state index contributed by atoms with van der Waals surface area (Å²) < 4.78 is 0. The molecule has 0 amide bonds. The van der Waals surface area contributed by atoms with Gasteiger partial charge < -0.3 is 5.73 Å². The largest absolute Gasteiger partial charge is 0.398 e. The molecule has 0 spiro atoms. The first-order valence-electron chi connectivity index (χ1n) is 5.06. The maximum atomic E-state index is 6.12. The fraction of sp³-hybridized carbons (Fsp3) is 0.545. The number of nitrogens with two attached hydrogens (primary N) is 1. The van der Waals surface area contributed by atoms with E-state index in [2.05, 4.69) is 11.9 Å². The van der Waals surface area contributed by atoms with E-state index in [-0.39, 0.29) is 5.38 Å². The van der Waals surface area contributed by atoms with E-state index in [0.717, 1.165) is 36.9 Å². The van der Waals surface area contributed by atoms with Crippen LogP contribution in [-0.2, 0) is 6.42 Å². The van der Waals surface area contributed by atoms with Crippen LogP contribution in [0.3, 0.4) is 0 Å². The molecule has 1 heterocycles. The van der Waals surface area contributed by atoms with Gasteiger partial charge in [-0.2, -0.15) is 0 Å². The lowest BCUT2D eigenvalue weighted by atomic mass is 10.1. The number of hydrogen-bond donors (Lipinski definition) is 1. The minimum Gasteiger partial charge on any atom is -0.398 e. The third-order valence-corrected chi connectivity index (χ3v) is 2.71. The Bertz CT molecular complexity index is 276. The second kappa shape index (κ2) is 5.86. The molecule has 0 bridgehead atoms. The van der Waals surface area contributed by atoms with E-state index in [1.54, 1.807) is 6.20 Å². The standard InChI is InChI=1S/C11H17ClN2/c1-2-3-10(12)5-4-9-8-14-7-6-11(9)13/h6-8,10H,2-5H2,1H3,(H2,13,14). The molecule has 1 aromatic heterocycles. The number of rotatable bonds is 5. The summed E-state index contributed by atoms with van der Waals surface area (Å²) in [5.41, 5.74) is 7.72. The Hall–Kier alpha value is -0.760. The number of alkyl halides is 1. The van der Waals surface area contributed by atoms with E-state index in [9.17, 15) is 0 Å². The summed E-state index contributed by atoms with van der Waals surface area (Å²) in [7, 11) is 0. The number of nitrogens with zero attached hydrogens (tertiary/aromatic N) is 1. The summed E-state index contributed by atoms with van der Waals surface area (Å²) >= 11 is 6.12. The van der Waals surface area contributed by atoms with Crippen LogP contribution >= 0.6 is 11.6 Å². The average Bonchev–Trinajstić information content (AvgIpc) is 2.17. The van der Waals surface area contributed by atoms with E-state index in [4.69, 9.17) is 17.3 Å². The van der Waals surface area contributed by atoms with Gasteiger partial charge in [-0.25, -0.2) is 0 Å². The van der Waals surface area contributed by atoms with Crippen molar-refractivity contribution >= 4 is 17.3 Å². The predicted molar refractivity (Wildman–Crippen MR) is 61.5 cm³/mol. The average molecular weight is 213 g/mol. The van der Waals surface area contributed by atoms with Crippen LogP contribution in [0.15, 0.2) is 18.5 Å². The molecule has 78 valence electrons. The summed E-state index contributed by atoms with van der Waals surface area (Å²) in [6.07, 6.45) is 7.64.